The molecule has 1 amide bonds. The van der Waals surface area contributed by atoms with Crippen molar-refractivity contribution in [3.63, 3.8) is 0 Å². The van der Waals surface area contributed by atoms with Crippen LogP contribution in [0, 0.1) is 0 Å². The Bertz CT molecular complexity index is 1270. The molecule has 33 heavy (non-hydrogen) atoms. The lowest BCUT2D eigenvalue weighted by molar-refractivity contribution is 0.0732. The molecule has 0 aliphatic carbocycles. The van der Waals surface area contributed by atoms with Crippen LogP contribution in [-0.2, 0) is 4.84 Å². The van der Waals surface area contributed by atoms with Crippen molar-refractivity contribution in [2.24, 2.45) is 5.16 Å². The van der Waals surface area contributed by atoms with E-state index in [-0.39, 0.29) is 11.9 Å². The fraction of sp³-hybridized carbons (Fsp3) is 0.154. The molecule has 3 aromatic carbocycles. The van der Waals surface area contributed by atoms with E-state index in [1.807, 2.05) is 84.9 Å². The van der Waals surface area contributed by atoms with Crippen LogP contribution in [0.3, 0.4) is 0 Å². The van der Waals surface area contributed by atoms with Gasteiger partial charge in [0.15, 0.2) is 5.82 Å². The number of likely N-dealkylation sites (tertiary alicyclic amines) is 1. The Morgan fingerprint density at radius 2 is 1.58 bits per heavy atom. The van der Waals surface area contributed by atoms with Gasteiger partial charge < -0.3 is 14.3 Å². The molecule has 7 heteroatoms. The molecule has 164 valence electrons. The molecule has 1 atom stereocenters. The van der Waals surface area contributed by atoms with E-state index in [0.29, 0.717) is 30.2 Å². The third-order valence-electron chi connectivity index (χ3n) is 5.64. The Labute approximate surface area is 191 Å². The number of hydrogen-bond donors (Lipinski definition) is 0. The topological polar surface area (TPSA) is 80.8 Å². The number of carbonyl (C=O) groups excluding carboxylic acids is 1. The predicted molar refractivity (Wildman–Crippen MR) is 124 cm³/mol. The van der Waals surface area contributed by atoms with E-state index in [4.69, 9.17) is 9.36 Å². The Morgan fingerprint density at radius 1 is 0.939 bits per heavy atom. The van der Waals surface area contributed by atoms with E-state index < -0.39 is 0 Å². The van der Waals surface area contributed by atoms with Gasteiger partial charge in [0, 0.05) is 17.5 Å². The van der Waals surface area contributed by atoms with Gasteiger partial charge in [0.2, 0.25) is 0 Å². The van der Waals surface area contributed by atoms with Crippen LogP contribution in [0.4, 0.5) is 0 Å². The van der Waals surface area contributed by atoms with Gasteiger partial charge in [0.25, 0.3) is 11.8 Å². The molecule has 7 nitrogen and oxygen atoms in total. The Hall–Kier alpha value is -4.26. The first-order valence-electron chi connectivity index (χ1n) is 10.7. The first-order chi connectivity index (χ1) is 16.2. The highest BCUT2D eigenvalue weighted by Gasteiger charge is 2.38. The number of hydrogen-bond acceptors (Lipinski definition) is 6. The molecule has 4 aromatic rings. The lowest BCUT2D eigenvalue weighted by Crippen LogP contribution is -2.31. The van der Waals surface area contributed by atoms with Gasteiger partial charge in [-0.2, -0.15) is 4.98 Å². The third-order valence-corrected chi connectivity index (χ3v) is 5.64. The number of benzene rings is 3. The molecule has 2 heterocycles. The van der Waals surface area contributed by atoms with E-state index in [1.54, 1.807) is 4.90 Å². The SMILES string of the molecule is CO/N=C1/C[C@@H](c2noc(-c3ccccc3)n2)N(C(=O)c2ccc(-c3ccccc3)cc2)C1. The standard InChI is InChI=1S/C26H22N4O3/c1-32-28-22-16-23(24-27-25(33-29-24)20-10-6-3-7-11-20)30(17-22)26(31)21-14-12-19(13-15-21)18-8-4-2-5-9-18/h2-15,23H,16-17H2,1H3/b28-22-/t23-/m0/s1. The summed E-state index contributed by atoms with van der Waals surface area (Å²) in [5.41, 5.74) is 4.32. The van der Waals surface area contributed by atoms with Crippen LogP contribution in [0.15, 0.2) is 94.6 Å². The maximum absolute atomic E-state index is 13.4. The van der Waals surface area contributed by atoms with Gasteiger partial charge in [-0.3, -0.25) is 4.79 Å². The maximum atomic E-state index is 13.4. The lowest BCUT2D eigenvalue weighted by Gasteiger charge is -2.21. The fourth-order valence-electron chi connectivity index (χ4n) is 4.01. The van der Waals surface area contributed by atoms with Crippen molar-refractivity contribution in [3.05, 3.63) is 96.3 Å². The normalized spacial score (nSPS) is 16.8. The summed E-state index contributed by atoms with van der Waals surface area (Å²) in [6.07, 6.45) is 0.482. The molecular weight excluding hydrogens is 416 g/mol. The van der Waals surface area contributed by atoms with E-state index >= 15 is 0 Å². The molecule has 0 spiro atoms. The number of aromatic nitrogens is 2. The minimum atomic E-state index is -0.388. The number of oxime groups is 1. The van der Waals surface area contributed by atoms with E-state index in [1.165, 1.54) is 7.11 Å². The van der Waals surface area contributed by atoms with Crippen molar-refractivity contribution in [1.82, 2.24) is 15.0 Å². The largest absolute Gasteiger partial charge is 0.399 e. The van der Waals surface area contributed by atoms with Gasteiger partial charge in [-0.1, -0.05) is 71.0 Å². The maximum Gasteiger partial charge on any atom is 0.257 e. The summed E-state index contributed by atoms with van der Waals surface area (Å²) in [5, 5.41) is 8.25. The van der Waals surface area contributed by atoms with E-state index in [0.717, 1.165) is 22.4 Å². The van der Waals surface area contributed by atoms with Crippen LogP contribution >= 0.6 is 0 Å². The van der Waals surface area contributed by atoms with E-state index in [9.17, 15) is 4.79 Å². The number of amides is 1. The molecule has 1 aliphatic heterocycles. The number of nitrogens with zero attached hydrogens (tertiary/aromatic N) is 4. The molecule has 1 aliphatic rings. The first-order valence-corrected chi connectivity index (χ1v) is 10.7. The highest BCUT2D eigenvalue weighted by molar-refractivity contribution is 6.00. The van der Waals surface area contributed by atoms with Crippen molar-refractivity contribution in [1.29, 1.82) is 0 Å². The number of rotatable bonds is 5. The van der Waals surface area contributed by atoms with Crippen molar-refractivity contribution in [2.45, 2.75) is 12.5 Å². The van der Waals surface area contributed by atoms with Gasteiger partial charge in [0.05, 0.1) is 12.3 Å². The van der Waals surface area contributed by atoms with Crippen molar-refractivity contribution in [3.8, 4) is 22.6 Å². The summed E-state index contributed by atoms with van der Waals surface area (Å²) < 4.78 is 5.49. The monoisotopic (exact) mass is 438 g/mol. The van der Waals surface area contributed by atoms with Crippen molar-refractivity contribution in [2.75, 3.05) is 13.7 Å². The molecule has 0 bridgehead atoms. The highest BCUT2D eigenvalue weighted by atomic mass is 16.6. The Kier molecular flexibility index (Phi) is 5.68. The second kappa shape index (κ2) is 9.08. The summed E-state index contributed by atoms with van der Waals surface area (Å²) >= 11 is 0. The molecular formula is C26H22N4O3. The first kappa shape index (κ1) is 20.6. The second-order valence-electron chi connectivity index (χ2n) is 7.76. The molecule has 1 saturated heterocycles. The van der Waals surface area contributed by atoms with Crippen molar-refractivity contribution >= 4 is 11.6 Å². The summed E-state index contributed by atoms with van der Waals surface area (Å²) in [6.45, 7) is 0.340. The fourth-order valence-corrected chi connectivity index (χ4v) is 4.01. The smallest absolute Gasteiger partial charge is 0.257 e. The average Bonchev–Trinajstić information content (AvgIpc) is 3.53. The summed E-state index contributed by atoms with van der Waals surface area (Å²) in [7, 11) is 1.50. The molecule has 0 unspecified atom stereocenters. The van der Waals surface area contributed by atoms with Gasteiger partial charge in [-0.05, 0) is 35.4 Å². The average molecular weight is 438 g/mol. The highest BCUT2D eigenvalue weighted by Crippen LogP contribution is 2.32. The van der Waals surface area contributed by atoms with Gasteiger partial charge in [-0.25, -0.2) is 0 Å². The molecule has 5 rings (SSSR count). The summed E-state index contributed by atoms with van der Waals surface area (Å²) in [5.74, 6) is 0.749. The molecule has 0 radical (unpaired) electrons. The molecule has 1 aromatic heterocycles. The zero-order valence-electron chi connectivity index (χ0n) is 18.1. The van der Waals surface area contributed by atoms with Crippen LogP contribution in [0.5, 0.6) is 0 Å². The predicted octanol–water partition coefficient (Wildman–Crippen LogP) is 4.99. The number of carbonyl (C=O) groups is 1. The lowest BCUT2D eigenvalue weighted by atomic mass is 10.0. The minimum Gasteiger partial charge on any atom is -0.399 e. The van der Waals surface area contributed by atoms with E-state index in [2.05, 4.69) is 15.3 Å². The van der Waals surface area contributed by atoms with Gasteiger partial charge >= 0.3 is 0 Å². The van der Waals surface area contributed by atoms with Crippen LogP contribution in [0.2, 0.25) is 0 Å². The van der Waals surface area contributed by atoms with Crippen LogP contribution in [0.25, 0.3) is 22.6 Å². The zero-order valence-corrected chi connectivity index (χ0v) is 18.1. The summed E-state index contributed by atoms with van der Waals surface area (Å²) in [4.78, 5) is 24.7. The quantitative estimate of drug-likeness (QED) is 0.410. The van der Waals surface area contributed by atoms with Gasteiger partial charge in [-0.15, -0.1) is 0 Å². The Balaban J connectivity index is 1.42. The molecule has 0 saturated carbocycles. The van der Waals surface area contributed by atoms with Crippen LogP contribution < -0.4 is 0 Å². The zero-order chi connectivity index (χ0) is 22.6. The van der Waals surface area contributed by atoms with Gasteiger partial charge in [0.1, 0.15) is 13.2 Å². The van der Waals surface area contributed by atoms with Crippen LogP contribution in [0.1, 0.15) is 28.6 Å². The second-order valence-corrected chi connectivity index (χ2v) is 7.76. The third kappa shape index (κ3) is 4.25. The minimum absolute atomic E-state index is 0.119. The molecule has 0 N–H and O–H groups in total. The molecule has 1 fully saturated rings. The Morgan fingerprint density at radius 3 is 2.24 bits per heavy atom. The van der Waals surface area contributed by atoms with Crippen molar-refractivity contribution < 1.29 is 14.2 Å². The summed E-state index contributed by atoms with van der Waals surface area (Å²) in [6, 6.07) is 26.8. The van der Waals surface area contributed by atoms with Crippen LogP contribution in [-0.4, -0.2) is 40.3 Å².